The molecule has 2 N–H and O–H groups in total. The molecule has 1 atom stereocenters. The molecule has 1 aliphatic heterocycles. The molecule has 0 saturated carbocycles. The summed E-state index contributed by atoms with van der Waals surface area (Å²) in [6.07, 6.45) is 2.49. The van der Waals surface area contributed by atoms with Crippen molar-refractivity contribution >= 4 is 0 Å². The summed E-state index contributed by atoms with van der Waals surface area (Å²) in [7, 11) is 0. The summed E-state index contributed by atoms with van der Waals surface area (Å²) < 4.78 is 5.23. The Bertz CT molecular complexity index is 71.5. The van der Waals surface area contributed by atoms with E-state index in [0.717, 1.165) is 25.9 Å². The molecule has 1 aliphatic rings. The SMILES string of the molecule is NCCCC1C[N]CO1. The Labute approximate surface area is 55.6 Å². The van der Waals surface area contributed by atoms with Gasteiger partial charge in [-0.1, -0.05) is 0 Å². The minimum Gasteiger partial charge on any atom is -0.360 e. The highest BCUT2D eigenvalue weighted by molar-refractivity contribution is 4.65. The Morgan fingerprint density at radius 1 is 1.67 bits per heavy atom. The van der Waals surface area contributed by atoms with Crippen molar-refractivity contribution in [2.45, 2.75) is 18.9 Å². The molecular weight excluding hydrogens is 116 g/mol. The van der Waals surface area contributed by atoms with E-state index in [1.165, 1.54) is 0 Å². The topological polar surface area (TPSA) is 49.4 Å². The Morgan fingerprint density at radius 2 is 2.56 bits per heavy atom. The summed E-state index contributed by atoms with van der Waals surface area (Å²) in [5.74, 6) is 0. The van der Waals surface area contributed by atoms with Crippen LogP contribution in [-0.2, 0) is 4.74 Å². The van der Waals surface area contributed by atoms with Gasteiger partial charge < -0.3 is 10.5 Å². The number of nitrogens with two attached hydrogens (primary N) is 1. The summed E-state index contributed by atoms with van der Waals surface area (Å²) in [4.78, 5) is 0. The van der Waals surface area contributed by atoms with Crippen molar-refractivity contribution in [2.75, 3.05) is 19.8 Å². The molecule has 0 amide bonds. The largest absolute Gasteiger partial charge is 0.360 e. The first-order valence-electron chi connectivity index (χ1n) is 3.38. The fraction of sp³-hybridized carbons (Fsp3) is 1.00. The van der Waals surface area contributed by atoms with Gasteiger partial charge in [-0.3, -0.25) is 0 Å². The molecule has 1 radical (unpaired) electrons. The van der Waals surface area contributed by atoms with Crippen LogP contribution in [-0.4, -0.2) is 25.9 Å². The lowest BCUT2D eigenvalue weighted by atomic mass is 10.2. The molecule has 9 heavy (non-hydrogen) atoms. The minimum atomic E-state index is 0.369. The van der Waals surface area contributed by atoms with Gasteiger partial charge in [0.25, 0.3) is 0 Å². The van der Waals surface area contributed by atoms with Crippen molar-refractivity contribution in [3.63, 3.8) is 0 Å². The van der Waals surface area contributed by atoms with E-state index in [1.54, 1.807) is 0 Å². The molecule has 1 saturated heterocycles. The number of nitrogens with zero attached hydrogens (tertiary/aromatic N) is 1. The number of rotatable bonds is 3. The molecule has 0 aromatic carbocycles. The van der Waals surface area contributed by atoms with Gasteiger partial charge in [0, 0.05) is 6.54 Å². The van der Waals surface area contributed by atoms with Gasteiger partial charge in [0.15, 0.2) is 0 Å². The zero-order chi connectivity index (χ0) is 6.53. The van der Waals surface area contributed by atoms with E-state index in [1.807, 2.05) is 0 Å². The van der Waals surface area contributed by atoms with E-state index in [2.05, 4.69) is 5.32 Å². The van der Waals surface area contributed by atoms with Crippen LogP contribution in [0, 0.1) is 0 Å². The quantitative estimate of drug-likeness (QED) is 0.568. The molecule has 1 rings (SSSR count). The minimum absolute atomic E-state index is 0.369. The third-order valence-corrected chi connectivity index (χ3v) is 1.46. The molecule has 3 nitrogen and oxygen atoms in total. The van der Waals surface area contributed by atoms with Gasteiger partial charge in [0.1, 0.15) is 6.73 Å². The highest BCUT2D eigenvalue weighted by atomic mass is 16.5. The van der Waals surface area contributed by atoms with E-state index in [4.69, 9.17) is 10.5 Å². The van der Waals surface area contributed by atoms with Crippen LogP contribution in [0.2, 0.25) is 0 Å². The van der Waals surface area contributed by atoms with E-state index >= 15 is 0 Å². The smallest absolute Gasteiger partial charge is 0.113 e. The van der Waals surface area contributed by atoms with E-state index in [-0.39, 0.29) is 0 Å². The molecular formula is C6H13N2O. The zero-order valence-electron chi connectivity index (χ0n) is 5.55. The lowest BCUT2D eigenvalue weighted by molar-refractivity contribution is 0.105. The van der Waals surface area contributed by atoms with Crippen LogP contribution in [0.1, 0.15) is 12.8 Å². The second-order valence-corrected chi connectivity index (χ2v) is 2.25. The Morgan fingerprint density at radius 3 is 3.11 bits per heavy atom. The maximum atomic E-state index is 5.32. The number of ether oxygens (including phenoxy) is 1. The van der Waals surface area contributed by atoms with E-state index < -0.39 is 0 Å². The van der Waals surface area contributed by atoms with Gasteiger partial charge in [-0.2, -0.15) is 0 Å². The highest BCUT2D eigenvalue weighted by Crippen LogP contribution is 2.04. The molecule has 0 aliphatic carbocycles. The second kappa shape index (κ2) is 3.82. The summed E-state index contributed by atoms with van der Waals surface area (Å²) in [5.41, 5.74) is 5.32. The lowest BCUT2D eigenvalue weighted by Gasteiger charge is -2.04. The third kappa shape index (κ3) is 2.30. The van der Waals surface area contributed by atoms with Crippen molar-refractivity contribution < 1.29 is 4.74 Å². The maximum Gasteiger partial charge on any atom is 0.113 e. The Hall–Kier alpha value is -0.120. The monoisotopic (exact) mass is 129 g/mol. The fourth-order valence-electron chi connectivity index (χ4n) is 0.928. The summed E-state index contributed by atoms with van der Waals surface area (Å²) in [6.45, 7) is 2.23. The van der Waals surface area contributed by atoms with Gasteiger partial charge in [-0.25, -0.2) is 5.32 Å². The van der Waals surface area contributed by atoms with Crippen LogP contribution in [0.3, 0.4) is 0 Å². The molecule has 1 fully saturated rings. The molecule has 0 aromatic rings. The Kier molecular flexibility index (Phi) is 2.97. The highest BCUT2D eigenvalue weighted by Gasteiger charge is 2.14. The zero-order valence-corrected chi connectivity index (χ0v) is 5.55. The molecule has 1 unspecified atom stereocenters. The summed E-state index contributed by atoms with van der Waals surface area (Å²) in [6, 6.07) is 0. The number of hydrogen-bond acceptors (Lipinski definition) is 2. The van der Waals surface area contributed by atoms with E-state index in [9.17, 15) is 0 Å². The molecule has 0 spiro atoms. The first kappa shape index (κ1) is 6.99. The van der Waals surface area contributed by atoms with Crippen molar-refractivity contribution in [2.24, 2.45) is 5.73 Å². The lowest BCUT2D eigenvalue weighted by Crippen LogP contribution is -2.12. The fourth-order valence-corrected chi connectivity index (χ4v) is 0.928. The molecule has 53 valence electrons. The first-order valence-corrected chi connectivity index (χ1v) is 3.38. The van der Waals surface area contributed by atoms with Gasteiger partial charge in [0.05, 0.1) is 6.10 Å². The number of hydrogen-bond donors (Lipinski definition) is 1. The average molecular weight is 129 g/mol. The maximum absolute atomic E-state index is 5.32. The second-order valence-electron chi connectivity index (χ2n) is 2.25. The molecule has 0 bridgehead atoms. The van der Waals surface area contributed by atoms with Gasteiger partial charge in [0.2, 0.25) is 0 Å². The Balaban J connectivity index is 1.98. The molecule has 3 heteroatoms. The molecule has 0 aromatic heterocycles. The van der Waals surface area contributed by atoms with Gasteiger partial charge in [-0.05, 0) is 19.4 Å². The van der Waals surface area contributed by atoms with Gasteiger partial charge >= 0.3 is 0 Å². The van der Waals surface area contributed by atoms with Crippen molar-refractivity contribution in [1.29, 1.82) is 0 Å². The standard InChI is InChI=1S/C6H13N2O/c7-3-1-2-6-4-8-5-9-6/h6H,1-5,7H2. The van der Waals surface area contributed by atoms with E-state index in [0.29, 0.717) is 12.8 Å². The molecule has 1 heterocycles. The van der Waals surface area contributed by atoms with Crippen LogP contribution < -0.4 is 11.1 Å². The average Bonchev–Trinajstić information content (AvgIpc) is 2.34. The first-order chi connectivity index (χ1) is 4.43. The van der Waals surface area contributed by atoms with Crippen molar-refractivity contribution in [1.82, 2.24) is 5.32 Å². The van der Waals surface area contributed by atoms with Crippen LogP contribution in [0.25, 0.3) is 0 Å². The van der Waals surface area contributed by atoms with Crippen LogP contribution in [0.5, 0.6) is 0 Å². The van der Waals surface area contributed by atoms with Gasteiger partial charge in [-0.15, -0.1) is 0 Å². The van der Waals surface area contributed by atoms with Crippen LogP contribution in [0.15, 0.2) is 0 Å². The third-order valence-electron chi connectivity index (χ3n) is 1.46. The predicted octanol–water partition coefficient (Wildman–Crippen LogP) is -0.314. The summed E-state index contributed by atoms with van der Waals surface area (Å²) in [5, 5.41) is 4.05. The van der Waals surface area contributed by atoms with Crippen molar-refractivity contribution in [3.8, 4) is 0 Å². The normalized spacial score (nSPS) is 27.0. The van der Waals surface area contributed by atoms with Crippen LogP contribution >= 0.6 is 0 Å². The van der Waals surface area contributed by atoms with Crippen LogP contribution in [0.4, 0.5) is 0 Å². The summed E-state index contributed by atoms with van der Waals surface area (Å²) >= 11 is 0. The van der Waals surface area contributed by atoms with Crippen molar-refractivity contribution in [3.05, 3.63) is 0 Å². The predicted molar refractivity (Wildman–Crippen MR) is 35.0 cm³/mol.